The molecule has 1 aliphatic heterocycles. The van der Waals surface area contributed by atoms with Gasteiger partial charge in [-0.2, -0.15) is 0 Å². The van der Waals surface area contributed by atoms with Crippen LogP contribution in [-0.4, -0.2) is 24.9 Å². The highest BCUT2D eigenvalue weighted by Gasteiger charge is 2.23. The second-order valence-electron chi connectivity index (χ2n) is 6.04. The minimum Gasteiger partial charge on any atom is -0.427 e. The Balaban J connectivity index is 1.93. The lowest BCUT2D eigenvalue weighted by Crippen LogP contribution is -2.25. The van der Waals surface area contributed by atoms with E-state index in [-0.39, 0.29) is 0 Å². The van der Waals surface area contributed by atoms with Gasteiger partial charge < -0.3 is 9.47 Å². The van der Waals surface area contributed by atoms with E-state index in [0.717, 1.165) is 11.1 Å². The van der Waals surface area contributed by atoms with Crippen molar-refractivity contribution in [2.45, 2.75) is 27.2 Å². The van der Waals surface area contributed by atoms with E-state index < -0.39 is 24.1 Å². The molecule has 22 heavy (non-hydrogen) atoms. The number of benzene rings is 1. The molecule has 0 unspecified atom stereocenters. The molecule has 5 heteroatoms. The van der Waals surface area contributed by atoms with Gasteiger partial charge in [0.15, 0.2) is 0 Å². The third kappa shape index (κ3) is 4.04. The summed E-state index contributed by atoms with van der Waals surface area (Å²) in [6.45, 7) is 4.81. The van der Waals surface area contributed by atoms with Crippen molar-refractivity contribution in [3.63, 3.8) is 0 Å². The molecule has 0 aromatic heterocycles. The zero-order chi connectivity index (χ0) is 16.2. The maximum atomic E-state index is 12.0. The standard InChI is InChI=1S/C17H19NO4/c1-17(2,3)16(20)22-11-21-15(19)14-8-12-6-4-5-7-13(12)9-18-10-14/h4-7,9-10H,8,11H2,1-3H3. The zero-order valence-corrected chi connectivity index (χ0v) is 13.0. The van der Waals surface area contributed by atoms with E-state index in [2.05, 4.69) is 4.99 Å². The fourth-order valence-electron chi connectivity index (χ4n) is 1.85. The van der Waals surface area contributed by atoms with Crippen molar-refractivity contribution in [1.29, 1.82) is 0 Å². The Bertz CT molecular complexity index is 638. The van der Waals surface area contributed by atoms with Crippen molar-refractivity contribution in [3.8, 4) is 0 Å². The van der Waals surface area contributed by atoms with Crippen LogP contribution < -0.4 is 0 Å². The fourth-order valence-corrected chi connectivity index (χ4v) is 1.85. The molecular weight excluding hydrogens is 282 g/mol. The van der Waals surface area contributed by atoms with Gasteiger partial charge in [-0.1, -0.05) is 24.3 Å². The maximum absolute atomic E-state index is 12.0. The molecule has 1 heterocycles. The van der Waals surface area contributed by atoms with E-state index in [1.54, 1.807) is 27.0 Å². The van der Waals surface area contributed by atoms with Crippen LogP contribution in [-0.2, 0) is 25.5 Å². The first kappa shape index (κ1) is 15.9. The first-order valence-corrected chi connectivity index (χ1v) is 7.02. The normalized spacial score (nSPS) is 13.7. The Kier molecular flexibility index (Phi) is 4.75. The number of ether oxygens (including phenoxy) is 2. The first-order chi connectivity index (χ1) is 10.4. The predicted octanol–water partition coefficient (Wildman–Crippen LogP) is 2.64. The minimum atomic E-state index is -0.628. The number of nitrogens with zero attached hydrogens (tertiary/aromatic N) is 1. The van der Waals surface area contributed by atoms with Crippen LogP contribution in [0.2, 0.25) is 0 Å². The summed E-state index contributed by atoms with van der Waals surface area (Å²) in [5, 5.41) is 0. The van der Waals surface area contributed by atoms with Gasteiger partial charge in [-0.3, -0.25) is 9.79 Å². The lowest BCUT2D eigenvalue weighted by Gasteiger charge is -2.16. The van der Waals surface area contributed by atoms with Gasteiger partial charge >= 0.3 is 11.9 Å². The van der Waals surface area contributed by atoms with Crippen LogP contribution in [0, 0.1) is 5.41 Å². The van der Waals surface area contributed by atoms with Crippen molar-refractivity contribution in [2.75, 3.05) is 6.79 Å². The first-order valence-electron chi connectivity index (χ1n) is 7.02. The molecule has 0 saturated heterocycles. The van der Waals surface area contributed by atoms with Crippen molar-refractivity contribution < 1.29 is 19.1 Å². The predicted molar refractivity (Wildman–Crippen MR) is 82.3 cm³/mol. The largest absolute Gasteiger partial charge is 0.427 e. The molecule has 0 saturated carbocycles. The van der Waals surface area contributed by atoms with Crippen LogP contribution >= 0.6 is 0 Å². The average molecular weight is 301 g/mol. The second kappa shape index (κ2) is 6.56. The molecular formula is C17H19NO4. The zero-order valence-electron chi connectivity index (χ0n) is 13.0. The Labute approximate surface area is 129 Å². The van der Waals surface area contributed by atoms with Crippen LogP contribution in [0.25, 0.3) is 0 Å². The molecule has 1 aromatic carbocycles. The van der Waals surface area contributed by atoms with Gasteiger partial charge in [-0.05, 0) is 31.9 Å². The lowest BCUT2D eigenvalue weighted by atomic mass is 9.98. The third-order valence-electron chi connectivity index (χ3n) is 3.13. The summed E-state index contributed by atoms with van der Waals surface area (Å²) in [4.78, 5) is 27.7. The summed E-state index contributed by atoms with van der Waals surface area (Å²) in [5.74, 6) is -0.950. The van der Waals surface area contributed by atoms with Crippen LogP contribution in [0.4, 0.5) is 0 Å². The quantitative estimate of drug-likeness (QED) is 0.636. The lowest BCUT2D eigenvalue weighted by molar-refractivity contribution is -0.171. The van der Waals surface area contributed by atoms with Gasteiger partial charge in [0.2, 0.25) is 6.79 Å². The Morgan fingerprint density at radius 2 is 1.91 bits per heavy atom. The Morgan fingerprint density at radius 1 is 1.18 bits per heavy atom. The molecule has 2 rings (SSSR count). The van der Waals surface area contributed by atoms with E-state index >= 15 is 0 Å². The molecule has 0 bridgehead atoms. The van der Waals surface area contributed by atoms with Gasteiger partial charge in [0.25, 0.3) is 0 Å². The summed E-state index contributed by atoms with van der Waals surface area (Å²) < 4.78 is 9.91. The van der Waals surface area contributed by atoms with Crippen LogP contribution in [0.5, 0.6) is 0 Å². The molecule has 0 N–H and O–H groups in total. The summed E-state index contributed by atoms with van der Waals surface area (Å²) in [7, 11) is 0. The number of rotatable bonds is 3. The monoisotopic (exact) mass is 301 g/mol. The number of hydrogen-bond acceptors (Lipinski definition) is 5. The van der Waals surface area contributed by atoms with E-state index in [0.29, 0.717) is 12.0 Å². The fraction of sp³-hybridized carbons (Fsp3) is 0.353. The van der Waals surface area contributed by atoms with Crippen molar-refractivity contribution in [3.05, 3.63) is 47.2 Å². The van der Waals surface area contributed by atoms with Crippen molar-refractivity contribution in [2.24, 2.45) is 10.4 Å². The number of carbonyl (C=O) groups is 2. The smallest absolute Gasteiger partial charge is 0.338 e. The molecule has 1 aliphatic rings. The highest BCUT2D eigenvalue weighted by Crippen LogP contribution is 2.17. The van der Waals surface area contributed by atoms with E-state index in [9.17, 15) is 9.59 Å². The Morgan fingerprint density at radius 3 is 2.64 bits per heavy atom. The molecule has 1 aromatic rings. The van der Waals surface area contributed by atoms with Crippen LogP contribution in [0.3, 0.4) is 0 Å². The van der Waals surface area contributed by atoms with Gasteiger partial charge in [-0.15, -0.1) is 0 Å². The van der Waals surface area contributed by atoms with Gasteiger partial charge in [-0.25, -0.2) is 4.79 Å². The average Bonchev–Trinajstić information content (AvgIpc) is 2.68. The topological polar surface area (TPSA) is 65.0 Å². The highest BCUT2D eigenvalue weighted by molar-refractivity contribution is 5.92. The highest BCUT2D eigenvalue weighted by atomic mass is 16.7. The molecule has 0 amide bonds. The SMILES string of the molecule is CC(C)(C)C(=O)OCOC(=O)C1=CN=Cc2ccccc2C1. The number of esters is 2. The Hall–Kier alpha value is -2.43. The van der Waals surface area contributed by atoms with Crippen LogP contribution in [0.15, 0.2) is 41.0 Å². The number of hydrogen-bond donors (Lipinski definition) is 0. The summed E-state index contributed by atoms with van der Waals surface area (Å²) in [6, 6.07) is 7.70. The molecule has 0 atom stereocenters. The number of carbonyl (C=O) groups excluding carboxylic acids is 2. The minimum absolute atomic E-state index is 0.391. The second-order valence-corrected chi connectivity index (χ2v) is 6.04. The molecule has 116 valence electrons. The molecule has 5 nitrogen and oxygen atoms in total. The molecule has 0 fully saturated rings. The van der Waals surface area contributed by atoms with E-state index in [1.165, 1.54) is 6.20 Å². The number of aliphatic imine (C=N–C) groups is 1. The molecule has 0 aliphatic carbocycles. The van der Waals surface area contributed by atoms with Gasteiger partial charge in [0, 0.05) is 18.8 Å². The summed E-state index contributed by atoms with van der Waals surface area (Å²) in [5.41, 5.74) is 1.77. The van der Waals surface area contributed by atoms with Crippen LogP contribution in [0.1, 0.15) is 31.9 Å². The van der Waals surface area contributed by atoms with Crippen molar-refractivity contribution in [1.82, 2.24) is 0 Å². The van der Waals surface area contributed by atoms with Gasteiger partial charge in [0.1, 0.15) is 0 Å². The molecule has 0 radical (unpaired) electrons. The maximum Gasteiger partial charge on any atom is 0.338 e. The summed E-state index contributed by atoms with van der Waals surface area (Å²) in [6.07, 6.45) is 3.62. The molecule has 0 spiro atoms. The number of fused-ring (bicyclic) bond motifs is 1. The van der Waals surface area contributed by atoms with Gasteiger partial charge in [0.05, 0.1) is 11.0 Å². The van der Waals surface area contributed by atoms with Crippen molar-refractivity contribution >= 4 is 18.2 Å². The van der Waals surface area contributed by atoms with E-state index in [1.807, 2.05) is 24.3 Å². The third-order valence-corrected chi connectivity index (χ3v) is 3.13. The van der Waals surface area contributed by atoms with E-state index in [4.69, 9.17) is 9.47 Å². The summed E-state index contributed by atoms with van der Waals surface area (Å²) >= 11 is 0.